The minimum absolute atomic E-state index is 0.577. The molecule has 0 aromatic carbocycles. The molecule has 5 rings (SSSR count). The number of allylic oxidation sites excluding steroid dienone is 6. The first-order valence-electron chi connectivity index (χ1n) is 9.29. The van der Waals surface area contributed by atoms with Gasteiger partial charge in [0.25, 0.3) is 0 Å². The van der Waals surface area contributed by atoms with Crippen LogP contribution >= 0.6 is 11.3 Å². The lowest BCUT2D eigenvalue weighted by molar-refractivity contribution is 0.0593. The number of hydrogen-bond donors (Lipinski definition) is 1. The lowest BCUT2D eigenvalue weighted by atomic mass is 10.2. The third-order valence-electron chi connectivity index (χ3n) is 4.59. The van der Waals surface area contributed by atoms with Gasteiger partial charge in [-0.2, -0.15) is 0 Å². The molecule has 1 N–H and O–H groups in total. The van der Waals surface area contributed by atoms with Crippen molar-refractivity contribution < 1.29 is 9.47 Å². The molecule has 0 radical (unpaired) electrons. The summed E-state index contributed by atoms with van der Waals surface area (Å²) in [5.74, 6) is 2.41. The largest absolute Gasteiger partial charge is 0.486 e. The van der Waals surface area contributed by atoms with Crippen LogP contribution in [0.15, 0.2) is 77.0 Å². The van der Waals surface area contributed by atoms with E-state index in [0.29, 0.717) is 13.2 Å². The van der Waals surface area contributed by atoms with E-state index in [-0.39, 0.29) is 0 Å². The quantitative estimate of drug-likeness (QED) is 0.786. The van der Waals surface area contributed by atoms with Crippen LogP contribution in [0.5, 0.6) is 0 Å². The first-order valence-corrected chi connectivity index (χ1v) is 10.1. The van der Waals surface area contributed by atoms with E-state index in [1.54, 1.807) is 11.3 Å². The molecule has 0 atom stereocenters. The van der Waals surface area contributed by atoms with E-state index in [0.717, 1.165) is 51.7 Å². The van der Waals surface area contributed by atoms with E-state index in [1.165, 1.54) is 4.88 Å². The van der Waals surface area contributed by atoms with Gasteiger partial charge in [-0.3, -0.25) is 4.99 Å². The van der Waals surface area contributed by atoms with Gasteiger partial charge in [0, 0.05) is 40.0 Å². The van der Waals surface area contributed by atoms with E-state index in [2.05, 4.69) is 34.6 Å². The predicted octanol–water partition coefficient (Wildman–Crippen LogP) is 5.18. The number of thiophene rings is 1. The van der Waals surface area contributed by atoms with Crippen molar-refractivity contribution in [2.24, 2.45) is 4.99 Å². The zero-order valence-electron chi connectivity index (χ0n) is 15.2. The Kier molecular flexibility index (Phi) is 4.54. The van der Waals surface area contributed by atoms with E-state index in [9.17, 15) is 0 Å². The van der Waals surface area contributed by atoms with Crippen LogP contribution in [0.4, 0.5) is 5.82 Å². The molecule has 0 bridgehead atoms. The van der Waals surface area contributed by atoms with Gasteiger partial charge in [-0.25, -0.2) is 4.98 Å². The van der Waals surface area contributed by atoms with Gasteiger partial charge in [-0.05, 0) is 37.1 Å². The van der Waals surface area contributed by atoms with Crippen molar-refractivity contribution in [3.05, 3.63) is 76.9 Å². The Labute approximate surface area is 167 Å². The Morgan fingerprint density at radius 1 is 1.00 bits per heavy atom. The summed E-state index contributed by atoms with van der Waals surface area (Å²) in [5, 5.41) is 4.54. The summed E-state index contributed by atoms with van der Waals surface area (Å²) >= 11 is 1.68. The fourth-order valence-electron chi connectivity index (χ4n) is 3.23. The summed E-state index contributed by atoms with van der Waals surface area (Å²) < 4.78 is 11.4. The zero-order valence-corrected chi connectivity index (χ0v) is 16.0. The Bertz CT molecular complexity index is 1100. The number of anilines is 1. The summed E-state index contributed by atoms with van der Waals surface area (Å²) in [7, 11) is 0. The fourth-order valence-corrected chi connectivity index (χ4v) is 4.27. The van der Waals surface area contributed by atoms with Crippen molar-refractivity contribution in [1.82, 2.24) is 4.98 Å². The molecule has 1 saturated heterocycles. The molecule has 28 heavy (non-hydrogen) atoms. The highest BCUT2D eigenvalue weighted by molar-refractivity contribution is 7.19. The van der Waals surface area contributed by atoms with Crippen LogP contribution in [0.2, 0.25) is 0 Å². The van der Waals surface area contributed by atoms with Crippen LogP contribution < -0.4 is 5.32 Å². The lowest BCUT2D eigenvalue weighted by Crippen LogP contribution is -2.14. The number of nitrogens with one attached hydrogen (secondary N) is 1. The molecule has 5 nitrogen and oxygen atoms in total. The summed E-state index contributed by atoms with van der Waals surface area (Å²) in [4.78, 5) is 11.3. The number of aliphatic imine (C=N–C) groups is 1. The van der Waals surface area contributed by atoms with Gasteiger partial charge in [0.15, 0.2) is 11.5 Å². The third-order valence-corrected chi connectivity index (χ3v) is 5.68. The first-order chi connectivity index (χ1) is 13.8. The molecule has 0 saturated carbocycles. The van der Waals surface area contributed by atoms with Gasteiger partial charge in [0.2, 0.25) is 0 Å². The first kappa shape index (κ1) is 17.0. The monoisotopic (exact) mass is 389 g/mol. The Balaban J connectivity index is 1.40. The molecule has 6 heteroatoms. The number of ether oxygens (including phenoxy) is 2. The van der Waals surface area contributed by atoms with Crippen LogP contribution in [0.3, 0.4) is 0 Å². The van der Waals surface area contributed by atoms with Gasteiger partial charge in [-0.1, -0.05) is 18.2 Å². The molecule has 2 aromatic heterocycles. The number of fused-ring (bicyclic) bond motifs is 2. The highest BCUT2D eigenvalue weighted by Gasteiger charge is 2.16. The molecule has 0 spiro atoms. The maximum absolute atomic E-state index is 5.73. The van der Waals surface area contributed by atoms with Crippen molar-refractivity contribution in [2.45, 2.75) is 12.8 Å². The van der Waals surface area contributed by atoms with Crippen molar-refractivity contribution in [3.8, 4) is 0 Å². The number of aromatic nitrogens is 1. The van der Waals surface area contributed by atoms with E-state index >= 15 is 0 Å². The second-order valence-corrected chi connectivity index (χ2v) is 7.58. The second-order valence-electron chi connectivity index (χ2n) is 6.55. The summed E-state index contributed by atoms with van der Waals surface area (Å²) in [6.45, 7) is 1.18. The molecule has 140 valence electrons. The summed E-state index contributed by atoms with van der Waals surface area (Å²) in [5.41, 5.74) is 2.10. The molecule has 4 heterocycles. The number of rotatable bonds is 3. The smallest absolute Gasteiger partial charge is 0.163 e. The average molecular weight is 389 g/mol. The molecule has 1 fully saturated rings. The Morgan fingerprint density at radius 2 is 1.93 bits per heavy atom. The van der Waals surface area contributed by atoms with Crippen LogP contribution in [-0.4, -0.2) is 24.4 Å². The lowest BCUT2D eigenvalue weighted by Gasteiger charge is -2.20. The van der Waals surface area contributed by atoms with Gasteiger partial charge in [0.1, 0.15) is 23.9 Å². The van der Waals surface area contributed by atoms with Gasteiger partial charge < -0.3 is 14.8 Å². The van der Waals surface area contributed by atoms with Crippen LogP contribution in [-0.2, 0) is 9.47 Å². The SMILES string of the molecule is C1=CN=CC(c2cc3ccc(NC4=CCC=C5OCCOC5=C4)nc3s2)=CC1. The van der Waals surface area contributed by atoms with Gasteiger partial charge >= 0.3 is 0 Å². The van der Waals surface area contributed by atoms with Gasteiger partial charge in [0.05, 0.1) is 0 Å². The summed E-state index contributed by atoms with van der Waals surface area (Å²) in [6, 6.07) is 6.29. The minimum Gasteiger partial charge on any atom is -0.486 e. The van der Waals surface area contributed by atoms with Crippen molar-refractivity contribution in [1.29, 1.82) is 0 Å². The number of nitrogens with zero attached hydrogens (tertiary/aromatic N) is 2. The third kappa shape index (κ3) is 3.51. The minimum atomic E-state index is 0.577. The van der Waals surface area contributed by atoms with Crippen molar-refractivity contribution in [2.75, 3.05) is 18.5 Å². The molecule has 2 aliphatic heterocycles. The average Bonchev–Trinajstić information content (AvgIpc) is 2.87. The molecule has 0 amide bonds. The molecule has 0 unspecified atom stereocenters. The van der Waals surface area contributed by atoms with Crippen LogP contribution in [0.1, 0.15) is 17.7 Å². The van der Waals surface area contributed by atoms with E-state index in [4.69, 9.17) is 14.5 Å². The standard InChI is InChI=1S/C22H19N3O2S/c1-2-9-23-14-16(4-1)20-12-15-7-8-21(25-22(15)28-20)24-17-5-3-6-18-19(13-17)27-11-10-26-18/h2,4-9,12-14H,1,3,10-11H2,(H,24,25). The topological polar surface area (TPSA) is 55.7 Å². The Hall–Kier alpha value is -3.12. The van der Waals surface area contributed by atoms with E-state index < -0.39 is 0 Å². The molecular weight excluding hydrogens is 370 g/mol. The summed E-state index contributed by atoms with van der Waals surface area (Å²) in [6.07, 6.45) is 15.8. The predicted molar refractivity (Wildman–Crippen MR) is 114 cm³/mol. The fraction of sp³-hybridized carbons (Fsp3) is 0.182. The maximum Gasteiger partial charge on any atom is 0.163 e. The number of pyridine rings is 1. The normalized spacial score (nSPS) is 18.6. The van der Waals surface area contributed by atoms with Crippen molar-refractivity contribution in [3.63, 3.8) is 0 Å². The Morgan fingerprint density at radius 3 is 2.89 bits per heavy atom. The second kappa shape index (κ2) is 7.48. The maximum atomic E-state index is 5.73. The molecule has 1 aliphatic carbocycles. The van der Waals surface area contributed by atoms with Crippen LogP contribution in [0.25, 0.3) is 15.8 Å². The molecule has 2 aromatic rings. The zero-order chi connectivity index (χ0) is 18.8. The highest BCUT2D eigenvalue weighted by atomic mass is 32.1. The highest BCUT2D eigenvalue weighted by Crippen LogP contribution is 2.31. The van der Waals surface area contributed by atoms with Crippen molar-refractivity contribution >= 4 is 39.2 Å². The van der Waals surface area contributed by atoms with Gasteiger partial charge in [-0.15, -0.1) is 11.3 Å². The molecule has 3 aliphatic rings. The number of hydrogen-bond acceptors (Lipinski definition) is 6. The molecular formula is C22H19N3O2S. The van der Waals surface area contributed by atoms with E-state index in [1.807, 2.05) is 36.7 Å². The van der Waals surface area contributed by atoms with Crippen LogP contribution in [0, 0.1) is 0 Å².